The van der Waals surface area contributed by atoms with Crippen LogP contribution >= 0.6 is 0 Å². The van der Waals surface area contributed by atoms with Crippen LogP contribution in [0.3, 0.4) is 0 Å². The summed E-state index contributed by atoms with van der Waals surface area (Å²) in [6.45, 7) is 3.70. The number of pyridine rings is 1. The van der Waals surface area contributed by atoms with Gasteiger partial charge in [0.15, 0.2) is 0 Å². The fourth-order valence-electron chi connectivity index (χ4n) is 1.13. The van der Waals surface area contributed by atoms with E-state index in [-0.39, 0.29) is 12.3 Å². The van der Waals surface area contributed by atoms with Crippen LogP contribution in [0.15, 0.2) is 18.3 Å². The van der Waals surface area contributed by atoms with Crippen molar-refractivity contribution in [2.45, 2.75) is 25.9 Å². The van der Waals surface area contributed by atoms with E-state index >= 15 is 0 Å². The van der Waals surface area contributed by atoms with E-state index in [1.165, 1.54) is 6.20 Å². The van der Waals surface area contributed by atoms with Gasteiger partial charge in [-0.2, -0.15) is 0 Å². The summed E-state index contributed by atoms with van der Waals surface area (Å²) in [6.07, 6.45) is 1.77. The zero-order valence-corrected chi connectivity index (χ0v) is 9.78. The average Bonchev–Trinajstić information content (AvgIpc) is 2.21. The van der Waals surface area contributed by atoms with E-state index in [0.29, 0.717) is 11.5 Å². The van der Waals surface area contributed by atoms with Crippen LogP contribution in [0.1, 0.15) is 20.3 Å². The van der Waals surface area contributed by atoms with E-state index in [9.17, 15) is 4.79 Å². The molecular formula is C11H17N3O2. The first-order valence-corrected chi connectivity index (χ1v) is 4.99. The molecule has 1 rings (SSSR count). The van der Waals surface area contributed by atoms with Crippen molar-refractivity contribution in [1.82, 2.24) is 4.98 Å². The van der Waals surface area contributed by atoms with Gasteiger partial charge in [0.1, 0.15) is 5.82 Å². The number of ether oxygens (including phenoxy) is 1. The fourth-order valence-corrected chi connectivity index (χ4v) is 1.13. The van der Waals surface area contributed by atoms with Crippen LogP contribution in [0.25, 0.3) is 0 Å². The molecule has 16 heavy (non-hydrogen) atoms. The van der Waals surface area contributed by atoms with Crippen LogP contribution in [-0.2, 0) is 9.53 Å². The number of amides is 1. The SMILES string of the molecule is COC(C)(C)CC(=O)Nc1ccc(N)cn1. The Morgan fingerprint density at radius 2 is 2.25 bits per heavy atom. The summed E-state index contributed by atoms with van der Waals surface area (Å²) >= 11 is 0. The predicted octanol–water partition coefficient (Wildman–Crippen LogP) is 1.42. The molecule has 0 unspecified atom stereocenters. The van der Waals surface area contributed by atoms with Gasteiger partial charge in [0.25, 0.3) is 0 Å². The second-order valence-corrected chi connectivity index (χ2v) is 4.17. The molecule has 5 nitrogen and oxygen atoms in total. The molecule has 0 atom stereocenters. The highest BCUT2D eigenvalue weighted by Crippen LogP contribution is 2.14. The van der Waals surface area contributed by atoms with E-state index in [1.807, 2.05) is 13.8 Å². The third kappa shape index (κ3) is 3.86. The molecule has 0 saturated carbocycles. The largest absolute Gasteiger partial charge is 0.397 e. The number of carbonyl (C=O) groups is 1. The maximum atomic E-state index is 11.6. The van der Waals surface area contributed by atoms with Crippen molar-refractivity contribution in [3.8, 4) is 0 Å². The zero-order valence-electron chi connectivity index (χ0n) is 9.78. The maximum absolute atomic E-state index is 11.6. The summed E-state index contributed by atoms with van der Waals surface area (Å²) < 4.78 is 5.16. The van der Waals surface area contributed by atoms with Gasteiger partial charge in [-0.25, -0.2) is 4.98 Å². The lowest BCUT2D eigenvalue weighted by molar-refractivity contribution is -0.121. The Bertz CT molecular complexity index is 360. The van der Waals surface area contributed by atoms with Crippen molar-refractivity contribution in [2.75, 3.05) is 18.2 Å². The normalized spacial score (nSPS) is 11.2. The van der Waals surface area contributed by atoms with Gasteiger partial charge < -0.3 is 15.8 Å². The third-order valence-corrected chi connectivity index (χ3v) is 2.19. The molecule has 1 heterocycles. The summed E-state index contributed by atoms with van der Waals surface area (Å²) in [5.74, 6) is 0.357. The molecule has 3 N–H and O–H groups in total. The molecule has 0 spiro atoms. The van der Waals surface area contributed by atoms with Crippen molar-refractivity contribution in [1.29, 1.82) is 0 Å². The zero-order chi connectivity index (χ0) is 12.2. The number of carbonyl (C=O) groups excluding carboxylic acids is 1. The lowest BCUT2D eigenvalue weighted by Gasteiger charge is -2.21. The quantitative estimate of drug-likeness (QED) is 0.809. The van der Waals surface area contributed by atoms with E-state index < -0.39 is 5.60 Å². The van der Waals surface area contributed by atoms with Crippen molar-refractivity contribution >= 4 is 17.4 Å². The van der Waals surface area contributed by atoms with Crippen LogP contribution in [-0.4, -0.2) is 23.6 Å². The van der Waals surface area contributed by atoms with Crippen molar-refractivity contribution in [2.24, 2.45) is 0 Å². The molecule has 0 aliphatic heterocycles. The van der Waals surface area contributed by atoms with Crippen LogP contribution in [0, 0.1) is 0 Å². The standard InChI is InChI=1S/C11H17N3O2/c1-11(2,16-3)6-10(15)14-9-5-4-8(12)7-13-9/h4-5,7H,6,12H2,1-3H3,(H,13,14,15). The number of nitrogen functional groups attached to an aromatic ring is 1. The molecule has 5 heteroatoms. The number of nitrogens with one attached hydrogen (secondary N) is 1. The van der Waals surface area contributed by atoms with Crippen molar-refractivity contribution in [3.63, 3.8) is 0 Å². The Balaban J connectivity index is 2.55. The molecule has 1 aromatic heterocycles. The molecule has 1 amide bonds. The Labute approximate surface area is 95.0 Å². The van der Waals surface area contributed by atoms with E-state index in [1.54, 1.807) is 19.2 Å². The molecule has 1 aromatic rings. The van der Waals surface area contributed by atoms with E-state index in [0.717, 1.165) is 0 Å². The van der Waals surface area contributed by atoms with Gasteiger partial charge in [-0.15, -0.1) is 0 Å². The average molecular weight is 223 g/mol. The van der Waals surface area contributed by atoms with Gasteiger partial charge in [0.2, 0.25) is 5.91 Å². The molecule has 88 valence electrons. The summed E-state index contributed by atoms with van der Waals surface area (Å²) in [5.41, 5.74) is 5.58. The topological polar surface area (TPSA) is 77.2 Å². The molecule has 0 aliphatic rings. The smallest absolute Gasteiger partial charge is 0.228 e. The number of anilines is 2. The monoisotopic (exact) mass is 223 g/mol. The number of hydrogen-bond acceptors (Lipinski definition) is 4. The van der Waals surface area contributed by atoms with Crippen LogP contribution in [0.4, 0.5) is 11.5 Å². The summed E-state index contributed by atoms with van der Waals surface area (Å²) in [6, 6.07) is 3.34. The van der Waals surface area contributed by atoms with Crippen molar-refractivity contribution in [3.05, 3.63) is 18.3 Å². The molecule has 0 radical (unpaired) electrons. The van der Waals surface area contributed by atoms with Gasteiger partial charge in [0.05, 0.1) is 23.9 Å². The lowest BCUT2D eigenvalue weighted by atomic mass is 10.1. The molecule has 0 aromatic carbocycles. The first kappa shape index (κ1) is 12.4. The Hall–Kier alpha value is -1.62. The van der Waals surface area contributed by atoms with E-state index in [4.69, 9.17) is 10.5 Å². The highest BCUT2D eigenvalue weighted by Gasteiger charge is 2.21. The van der Waals surface area contributed by atoms with Gasteiger partial charge in [-0.1, -0.05) is 0 Å². The minimum absolute atomic E-state index is 0.135. The summed E-state index contributed by atoms with van der Waals surface area (Å²) in [7, 11) is 1.58. The van der Waals surface area contributed by atoms with Gasteiger partial charge in [-0.05, 0) is 26.0 Å². The number of nitrogens with two attached hydrogens (primary N) is 1. The van der Waals surface area contributed by atoms with Crippen LogP contribution in [0.2, 0.25) is 0 Å². The summed E-state index contributed by atoms with van der Waals surface area (Å²) in [5, 5.41) is 2.67. The number of aromatic nitrogens is 1. The highest BCUT2D eigenvalue weighted by molar-refractivity contribution is 5.90. The highest BCUT2D eigenvalue weighted by atomic mass is 16.5. The first-order valence-electron chi connectivity index (χ1n) is 4.99. The Morgan fingerprint density at radius 3 is 2.75 bits per heavy atom. The second-order valence-electron chi connectivity index (χ2n) is 4.17. The number of hydrogen-bond donors (Lipinski definition) is 2. The predicted molar refractivity (Wildman–Crippen MR) is 63.0 cm³/mol. The van der Waals surface area contributed by atoms with E-state index in [2.05, 4.69) is 10.3 Å². The second kappa shape index (κ2) is 4.94. The Kier molecular flexibility index (Phi) is 3.84. The van der Waals surface area contributed by atoms with Gasteiger partial charge >= 0.3 is 0 Å². The Morgan fingerprint density at radius 1 is 1.56 bits per heavy atom. The maximum Gasteiger partial charge on any atom is 0.228 e. The third-order valence-electron chi connectivity index (χ3n) is 2.19. The molecule has 0 aliphatic carbocycles. The molecule has 0 bridgehead atoms. The molecule has 0 saturated heterocycles. The number of methoxy groups -OCH3 is 1. The number of rotatable bonds is 4. The van der Waals surface area contributed by atoms with Crippen LogP contribution in [0.5, 0.6) is 0 Å². The first-order chi connectivity index (χ1) is 7.43. The van der Waals surface area contributed by atoms with Gasteiger partial charge in [0, 0.05) is 7.11 Å². The van der Waals surface area contributed by atoms with Crippen LogP contribution < -0.4 is 11.1 Å². The lowest BCUT2D eigenvalue weighted by Crippen LogP contribution is -2.29. The van der Waals surface area contributed by atoms with Crippen molar-refractivity contribution < 1.29 is 9.53 Å². The molecular weight excluding hydrogens is 206 g/mol. The summed E-state index contributed by atoms with van der Waals surface area (Å²) in [4.78, 5) is 15.6. The number of nitrogens with zero attached hydrogens (tertiary/aromatic N) is 1. The minimum Gasteiger partial charge on any atom is -0.397 e. The van der Waals surface area contributed by atoms with Gasteiger partial charge in [-0.3, -0.25) is 4.79 Å². The fraction of sp³-hybridized carbons (Fsp3) is 0.455. The molecule has 0 fully saturated rings. The minimum atomic E-state index is -0.474.